The average Bonchev–Trinajstić information content (AvgIpc) is 2.76. The monoisotopic (exact) mass is 332 g/mol. The molecule has 5 heteroatoms. The van der Waals surface area contributed by atoms with Crippen LogP contribution in [-0.4, -0.2) is 61.7 Å². The van der Waals surface area contributed by atoms with E-state index in [0.29, 0.717) is 13.0 Å². The van der Waals surface area contributed by atoms with Crippen LogP contribution < -0.4 is 4.74 Å². The minimum atomic E-state index is -0.0652. The summed E-state index contributed by atoms with van der Waals surface area (Å²) in [6.45, 7) is 9.09. The van der Waals surface area contributed by atoms with Crippen LogP contribution in [0.25, 0.3) is 0 Å². The van der Waals surface area contributed by atoms with Crippen molar-refractivity contribution in [3.63, 3.8) is 0 Å². The second kappa shape index (κ2) is 7.11. The highest BCUT2D eigenvalue weighted by molar-refractivity contribution is 5.79. The molecule has 2 fully saturated rings. The molecule has 1 unspecified atom stereocenters. The molecular weight excluding hydrogens is 304 g/mol. The molecule has 1 amide bonds. The van der Waals surface area contributed by atoms with Crippen LogP contribution in [0, 0.1) is 5.41 Å². The van der Waals surface area contributed by atoms with Crippen molar-refractivity contribution in [1.29, 1.82) is 0 Å². The molecule has 0 aliphatic carbocycles. The van der Waals surface area contributed by atoms with E-state index in [4.69, 9.17) is 9.47 Å². The first-order valence-corrected chi connectivity index (χ1v) is 8.74. The van der Waals surface area contributed by atoms with Crippen molar-refractivity contribution < 1.29 is 14.3 Å². The lowest BCUT2D eigenvalue weighted by Crippen LogP contribution is -2.41. The fourth-order valence-corrected chi connectivity index (χ4v) is 3.81. The van der Waals surface area contributed by atoms with Crippen molar-refractivity contribution in [2.75, 3.05) is 40.0 Å². The van der Waals surface area contributed by atoms with E-state index in [0.717, 1.165) is 38.5 Å². The minimum absolute atomic E-state index is 0.0652. The van der Waals surface area contributed by atoms with Gasteiger partial charge in [0.25, 0.3) is 0 Å². The van der Waals surface area contributed by atoms with Gasteiger partial charge in [-0.25, -0.2) is 0 Å². The highest BCUT2D eigenvalue weighted by Crippen LogP contribution is 2.35. The second-order valence-corrected chi connectivity index (χ2v) is 7.40. The number of likely N-dealkylation sites (tertiary alicyclic amines) is 1. The number of hydrogen-bond acceptors (Lipinski definition) is 4. The quantitative estimate of drug-likeness (QED) is 0.847. The second-order valence-electron chi connectivity index (χ2n) is 7.40. The molecule has 2 aliphatic heterocycles. The average molecular weight is 332 g/mol. The van der Waals surface area contributed by atoms with Gasteiger partial charge in [0, 0.05) is 44.1 Å². The molecule has 132 valence electrons. The van der Waals surface area contributed by atoms with Gasteiger partial charge in [0.2, 0.25) is 5.91 Å². The number of rotatable bonds is 4. The Labute approximate surface area is 144 Å². The van der Waals surface area contributed by atoms with Crippen LogP contribution >= 0.6 is 0 Å². The molecule has 2 saturated heterocycles. The number of ether oxygens (including phenoxy) is 2. The Bertz CT molecular complexity index is 572. The highest BCUT2D eigenvalue weighted by Gasteiger charge is 2.46. The zero-order valence-electron chi connectivity index (χ0n) is 15.0. The van der Waals surface area contributed by atoms with Crippen molar-refractivity contribution in [3.8, 4) is 5.75 Å². The van der Waals surface area contributed by atoms with E-state index in [2.05, 4.69) is 30.9 Å². The molecule has 0 bridgehead atoms. The molecule has 2 heterocycles. The first kappa shape index (κ1) is 17.2. The predicted octanol–water partition coefficient (Wildman–Crippen LogP) is 2.15. The summed E-state index contributed by atoms with van der Waals surface area (Å²) in [6, 6.07) is 8.47. The summed E-state index contributed by atoms with van der Waals surface area (Å²) in [6.07, 6.45) is 0.601. The maximum Gasteiger partial charge on any atom is 0.223 e. The zero-order valence-corrected chi connectivity index (χ0v) is 15.0. The molecule has 1 aromatic rings. The number of carbonyl (C=O) groups is 1. The molecule has 0 aromatic heterocycles. The summed E-state index contributed by atoms with van der Waals surface area (Å²) in [4.78, 5) is 16.8. The third-order valence-electron chi connectivity index (χ3n) is 5.06. The van der Waals surface area contributed by atoms with Crippen LogP contribution in [0.15, 0.2) is 24.3 Å². The zero-order chi connectivity index (χ0) is 17.2. The van der Waals surface area contributed by atoms with Gasteiger partial charge in [-0.15, -0.1) is 0 Å². The van der Waals surface area contributed by atoms with Gasteiger partial charge in [0.15, 0.2) is 0 Å². The Morgan fingerprint density at radius 2 is 2.00 bits per heavy atom. The predicted molar refractivity (Wildman–Crippen MR) is 93.0 cm³/mol. The van der Waals surface area contributed by atoms with Crippen LogP contribution in [0.3, 0.4) is 0 Å². The molecule has 1 spiro atoms. The summed E-state index contributed by atoms with van der Waals surface area (Å²) in [5, 5.41) is 0. The smallest absolute Gasteiger partial charge is 0.223 e. The normalized spacial score (nSPS) is 25.5. The van der Waals surface area contributed by atoms with Crippen LogP contribution in [0.4, 0.5) is 0 Å². The Hall–Kier alpha value is -1.59. The number of benzene rings is 1. The number of methoxy groups -OCH3 is 1. The molecule has 1 aromatic carbocycles. The van der Waals surface area contributed by atoms with Crippen LogP contribution in [0.5, 0.6) is 5.75 Å². The van der Waals surface area contributed by atoms with Crippen LogP contribution in [0.2, 0.25) is 0 Å². The van der Waals surface area contributed by atoms with Crippen molar-refractivity contribution in [2.45, 2.75) is 32.9 Å². The lowest BCUT2D eigenvalue weighted by Gasteiger charge is -2.32. The summed E-state index contributed by atoms with van der Waals surface area (Å²) in [7, 11) is 1.68. The van der Waals surface area contributed by atoms with E-state index in [1.54, 1.807) is 7.11 Å². The van der Waals surface area contributed by atoms with Crippen molar-refractivity contribution in [3.05, 3.63) is 29.8 Å². The molecule has 0 saturated carbocycles. The fraction of sp³-hybridized carbons (Fsp3) is 0.632. The third-order valence-corrected chi connectivity index (χ3v) is 5.06. The summed E-state index contributed by atoms with van der Waals surface area (Å²) in [5.41, 5.74) is 1.20. The number of carbonyl (C=O) groups excluding carboxylic acids is 1. The first-order valence-electron chi connectivity index (χ1n) is 8.74. The van der Waals surface area contributed by atoms with Gasteiger partial charge in [-0.1, -0.05) is 12.1 Å². The Kier molecular flexibility index (Phi) is 5.11. The van der Waals surface area contributed by atoms with Crippen LogP contribution in [-0.2, 0) is 16.1 Å². The molecule has 24 heavy (non-hydrogen) atoms. The van der Waals surface area contributed by atoms with Crippen LogP contribution in [0.1, 0.15) is 25.8 Å². The Morgan fingerprint density at radius 1 is 1.25 bits per heavy atom. The van der Waals surface area contributed by atoms with Crippen molar-refractivity contribution in [1.82, 2.24) is 9.80 Å². The lowest BCUT2D eigenvalue weighted by molar-refractivity contribution is -0.129. The fourth-order valence-electron chi connectivity index (χ4n) is 3.81. The maximum atomic E-state index is 12.4. The van der Waals surface area contributed by atoms with Gasteiger partial charge in [-0.3, -0.25) is 9.69 Å². The molecule has 5 nitrogen and oxygen atoms in total. The van der Waals surface area contributed by atoms with E-state index in [-0.39, 0.29) is 17.4 Å². The largest absolute Gasteiger partial charge is 0.497 e. The van der Waals surface area contributed by atoms with Gasteiger partial charge >= 0.3 is 0 Å². The topological polar surface area (TPSA) is 42.0 Å². The SMILES string of the molecule is COc1ccc(CN2CCOCC3(CC(=O)N(C(C)C)C3)C2)cc1. The van der Waals surface area contributed by atoms with Crippen molar-refractivity contribution in [2.24, 2.45) is 5.41 Å². The Balaban J connectivity index is 1.69. The van der Waals surface area contributed by atoms with E-state index < -0.39 is 0 Å². The van der Waals surface area contributed by atoms with E-state index in [1.807, 2.05) is 17.0 Å². The van der Waals surface area contributed by atoms with E-state index >= 15 is 0 Å². The molecule has 3 rings (SSSR count). The highest BCUT2D eigenvalue weighted by atomic mass is 16.5. The van der Waals surface area contributed by atoms with Gasteiger partial charge in [0.1, 0.15) is 5.75 Å². The number of hydrogen-bond donors (Lipinski definition) is 0. The molecular formula is C19H28N2O3. The molecule has 0 N–H and O–H groups in total. The Morgan fingerprint density at radius 3 is 2.62 bits per heavy atom. The summed E-state index contributed by atoms with van der Waals surface area (Å²) < 4.78 is 11.1. The number of nitrogens with zero attached hydrogens (tertiary/aromatic N) is 2. The summed E-state index contributed by atoms with van der Waals surface area (Å²) >= 11 is 0. The lowest BCUT2D eigenvalue weighted by atomic mass is 9.87. The number of amides is 1. The molecule has 0 radical (unpaired) electrons. The first-order chi connectivity index (χ1) is 11.5. The summed E-state index contributed by atoms with van der Waals surface area (Å²) in [5.74, 6) is 1.14. The molecule has 2 aliphatic rings. The minimum Gasteiger partial charge on any atom is -0.497 e. The van der Waals surface area contributed by atoms with Gasteiger partial charge < -0.3 is 14.4 Å². The maximum absolute atomic E-state index is 12.4. The third kappa shape index (κ3) is 3.73. The molecule has 1 atom stereocenters. The van der Waals surface area contributed by atoms with Gasteiger partial charge in [-0.2, -0.15) is 0 Å². The van der Waals surface area contributed by atoms with Gasteiger partial charge in [0.05, 0.1) is 20.3 Å². The van der Waals surface area contributed by atoms with E-state index in [1.165, 1.54) is 5.56 Å². The van der Waals surface area contributed by atoms with E-state index in [9.17, 15) is 4.79 Å². The van der Waals surface area contributed by atoms with Crippen molar-refractivity contribution >= 4 is 5.91 Å². The standard InChI is InChI=1S/C19H28N2O3/c1-15(2)21-13-19(10-18(21)22)12-20(8-9-24-14-19)11-16-4-6-17(23-3)7-5-16/h4-7,15H,8-14H2,1-3H3. The van der Waals surface area contributed by atoms with Gasteiger partial charge in [-0.05, 0) is 31.5 Å².